The van der Waals surface area contributed by atoms with E-state index in [2.05, 4.69) is 199 Å². The van der Waals surface area contributed by atoms with Crippen molar-refractivity contribution in [2.24, 2.45) is 0 Å². The van der Waals surface area contributed by atoms with Crippen LogP contribution < -0.4 is 4.90 Å². The van der Waals surface area contributed by atoms with Crippen molar-refractivity contribution in [3.63, 3.8) is 0 Å². The number of benzene rings is 11. The van der Waals surface area contributed by atoms with Crippen LogP contribution in [0.3, 0.4) is 0 Å². The summed E-state index contributed by atoms with van der Waals surface area (Å²) in [5.74, 6) is 0.632. The van der Waals surface area contributed by atoms with Gasteiger partial charge in [-0.1, -0.05) is 158 Å². The fourth-order valence-electron chi connectivity index (χ4n) is 9.13. The molecule has 62 heavy (non-hydrogen) atoms. The molecule has 0 aliphatic carbocycles. The van der Waals surface area contributed by atoms with Gasteiger partial charge in [0.25, 0.3) is 0 Å². The second-order valence-electron chi connectivity index (χ2n) is 16.0. The zero-order chi connectivity index (χ0) is 41.0. The Balaban J connectivity index is 0.967. The van der Waals surface area contributed by atoms with E-state index >= 15 is 0 Å². The van der Waals surface area contributed by atoms with Crippen LogP contribution in [-0.2, 0) is 0 Å². The lowest BCUT2D eigenvalue weighted by Gasteiger charge is -2.27. The molecule has 1 heterocycles. The first-order valence-electron chi connectivity index (χ1n) is 21.1. The summed E-state index contributed by atoms with van der Waals surface area (Å²) in [6.07, 6.45) is 0. The molecule has 0 spiro atoms. The molecule has 0 saturated heterocycles. The molecule has 290 valence electrons. The number of anilines is 3. The number of hydrogen-bond acceptors (Lipinski definition) is 3. The normalized spacial score (nSPS) is 11.5. The third-order valence-electron chi connectivity index (χ3n) is 12.2. The van der Waals surface area contributed by atoms with Crippen molar-refractivity contribution in [3.05, 3.63) is 231 Å². The quantitative estimate of drug-likeness (QED) is 0.151. The molecule has 0 aliphatic heterocycles. The van der Waals surface area contributed by atoms with Gasteiger partial charge in [0.05, 0.1) is 0 Å². The lowest BCUT2D eigenvalue weighted by Crippen LogP contribution is -2.10. The summed E-state index contributed by atoms with van der Waals surface area (Å²) in [6, 6.07) is 82.7. The van der Waals surface area contributed by atoms with Crippen LogP contribution in [0.15, 0.2) is 235 Å². The molecule has 0 unspecified atom stereocenters. The second-order valence-corrected chi connectivity index (χ2v) is 16.0. The van der Waals surface area contributed by atoms with Crippen LogP contribution in [0.2, 0.25) is 0 Å². The molecule has 0 fully saturated rings. The van der Waals surface area contributed by atoms with Crippen LogP contribution in [0.5, 0.6) is 0 Å². The zero-order valence-electron chi connectivity index (χ0n) is 33.7. The Morgan fingerprint density at radius 1 is 0.306 bits per heavy atom. The third kappa shape index (κ3) is 6.27. The van der Waals surface area contributed by atoms with Crippen molar-refractivity contribution in [2.45, 2.75) is 0 Å². The van der Waals surface area contributed by atoms with E-state index < -0.39 is 0 Å². The predicted octanol–water partition coefficient (Wildman–Crippen LogP) is 16.6. The molecular formula is C59H38N2O. The van der Waals surface area contributed by atoms with E-state index in [0.29, 0.717) is 5.89 Å². The highest BCUT2D eigenvalue weighted by atomic mass is 16.3. The summed E-state index contributed by atoms with van der Waals surface area (Å²) in [5.41, 5.74) is 12.9. The summed E-state index contributed by atoms with van der Waals surface area (Å²) < 4.78 is 6.44. The molecule has 0 radical (unpaired) electrons. The minimum atomic E-state index is 0.632. The highest BCUT2D eigenvalue weighted by molar-refractivity contribution is 6.14. The fraction of sp³-hybridized carbons (Fsp3) is 0. The highest BCUT2D eigenvalue weighted by Crippen LogP contribution is 2.41. The van der Waals surface area contributed by atoms with E-state index in [1.807, 2.05) is 36.4 Å². The Hall–Kier alpha value is -8.27. The van der Waals surface area contributed by atoms with Gasteiger partial charge in [-0.25, -0.2) is 4.98 Å². The van der Waals surface area contributed by atoms with Crippen LogP contribution in [0.1, 0.15) is 0 Å². The topological polar surface area (TPSA) is 29.3 Å². The minimum Gasteiger partial charge on any atom is -0.435 e. The molecule has 0 amide bonds. The van der Waals surface area contributed by atoms with Crippen LogP contribution in [0.25, 0.3) is 99.0 Å². The van der Waals surface area contributed by atoms with Gasteiger partial charge in [-0.05, 0) is 144 Å². The van der Waals surface area contributed by atoms with E-state index in [9.17, 15) is 0 Å². The number of fused-ring (bicyclic) bond motifs is 7. The van der Waals surface area contributed by atoms with Crippen LogP contribution >= 0.6 is 0 Å². The number of hydrogen-bond donors (Lipinski definition) is 0. The molecule has 11 aromatic carbocycles. The van der Waals surface area contributed by atoms with Gasteiger partial charge in [-0.3, -0.25) is 0 Å². The second kappa shape index (κ2) is 14.8. The Morgan fingerprint density at radius 2 is 0.903 bits per heavy atom. The van der Waals surface area contributed by atoms with Crippen molar-refractivity contribution in [3.8, 4) is 44.8 Å². The average molecular weight is 791 g/mol. The molecule has 0 N–H and O–H groups in total. The Morgan fingerprint density at radius 3 is 1.73 bits per heavy atom. The molecule has 12 rings (SSSR count). The van der Waals surface area contributed by atoms with Gasteiger partial charge >= 0.3 is 0 Å². The fourth-order valence-corrected chi connectivity index (χ4v) is 9.13. The molecule has 0 atom stereocenters. The summed E-state index contributed by atoms with van der Waals surface area (Å²) in [6.45, 7) is 0. The van der Waals surface area contributed by atoms with E-state index in [0.717, 1.165) is 61.0 Å². The van der Waals surface area contributed by atoms with Crippen molar-refractivity contribution in [2.75, 3.05) is 4.90 Å². The molecule has 12 aromatic rings. The maximum Gasteiger partial charge on any atom is 0.227 e. The smallest absolute Gasteiger partial charge is 0.227 e. The maximum absolute atomic E-state index is 6.44. The van der Waals surface area contributed by atoms with Crippen LogP contribution in [0.4, 0.5) is 17.1 Å². The van der Waals surface area contributed by atoms with Gasteiger partial charge in [0.15, 0.2) is 5.58 Å². The minimum absolute atomic E-state index is 0.632. The standard InChI is InChI=1S/C59H38N2O/c1-3-12-39(13-4-1)44-17-11-18-50(35-44)61(49-30-27-41(28-31-49)55-38-47-16-7-8-19-52(47)53-20-9-10-21-54(53)55)51-32-26-40-22-24-45(34-48(40)36-51)46-25-23-42-29-33-57-58(56(42)37-46)62-59(60-57)43-14-5-2-6-15-43/h1-38H. The van der Waals surface area contributed by atoms with E-state index in [4.69, 9.17) is 9.40 Å². The van der Waals surface area contributed by atoms with E-state index in [1.165, 1.54) is 49.2 Å². The molecule has 0 saturated carbocycles. The molecule has 0 aliphatic rings. The number of aromatic nitrogens is 1. The zero-order valence-corrected chi connectivity index (χ0v) is 33.7. The third-order valence-corrected chi connectivity index (χ3v) is 12.2. The van der Waals surface area contributed by atoms with Crippen LogP contribution in [-0.4, -0.2) is 4.98 Å². The molecule has 1 aromatic heterocycles. The van der Waals surface area contributed by atoms with Crippen molar-refractivity contribution in [1.29, 1.82) is 0 Å². The van der Waals surface area contributed by atoms with Gasteiger partial charge < -0.3 is 9.32 Å². The molecule has 3 heteroatoms. The highest BCUT2D eigenvalue weighted by Gasteiger charge is 2.17. The van der Waals surface area contributed by atoms with Gasteiger partial charge in [0.2, 0.25) is 5.89 Å². The molecule has 3 nitrogen and oxygen atoms in total. The predicted molar refractivity (Wildman–Crippen MR) is 260 cm³/mol. The first-order valence-corrected chi connectivity index (χ1v) is 21.1. The summed E-state index contributed by atoms with van der Waals surface area (Å²) in [4.78, 5) is 7.22. The largest absolute Gasteiger partial charge is 0.435 e. The first-order chi connectivity index (χ1) is 30.7. The SMILES string of the molecule is c1ccc(-c2cccc(N(c3ccc(-c4cc5ccccc5c5ccccc45)cc3)c3ccc4ccc(-c5ccc6ccc7nc(-c8ccccc8)oc7c6c5)cc4c3)c2)cc1. The summed E-state index contributed by atoms with van der Waals surface area (Å²) >= 11 is 0. The summed E-state index contributed by atoms with van der Waals surface area (Å²) in [5, 5.41) is 9.55. The maximum atomic E-state index is 6.44. The van der Waals surface area contributed by atoms with Gasteiger partial charge in [-0.15, -0.1) is 0 Å². The average Bonchev–Trinajstić information content (AvgIpc) is 3.80. The van der Waals surface area contributed by atoms with Crippen LogP contribution in [0, 0.1) is 0 Å². The van der Waals surface area contributed by atoms with Gasteiger partial charge in [0, 0.05) is 28.0 Å². The number of rotatable bonds is 7. The van der Waals surface area contributed by atoms with Crippen molar-refractivity contribution in [1.82, 2.24) is 4.98 Å². The lowest BCUT2D eigenvalue weighted by atomic mass is 9.93. The Bertz CT molecular complexity index is 3630. The number of oxazole rings is 1. The van der Waals surface area contributed by atoms with E-state index in [1.54, 1.807) is 0 Å². The van der Waals surface area contributed by atoms with E-state index in [-0.39, 0.29) is 0 Å². The molecular weight excluding hydrogens is 753 g/mol. The Labute approximate surface area is 359 Å². The summed E-state index contributed by atoms with van der Waals surface area (Å²) in [7, 11) is 0. The number of nitrogens with zero attached hydrogens (tertiary/aromatic N) is 2. The monoisotopic (exact) mass is 790 g/mol. The molecule has 0 bridgehead atoms. The van der Waals surface area contributed by atoms with Crippen molar-refractivity contribution < 1.29 is 4.42 Å². The first kappa shape index (κ1) is 35.7. The van der Waals surface area contributed by atoms with Gasteiger partial charge in [-0.2, -0.15) is 0 Å². The van der Waals surface area contributed by atoms with Gasteiger partial charge in [0.1, 0.15) is 5.52 Å². The van der Waals surface area contributed by atoms with Crippen molar-refractivity contribution >= 4 is 71.3 Å². The Kier molecular flexibility index (Phi) is 8.50. The lowest BCUT2D eigenvalue weighted by molar-refractivity contribution is 0.623.